The average Bonchev–Trinajstić information content (AvgIpc) is 2.87. The van der Waals surface area contributed by atoms with Crippen molar-refractivity contribution in [2.75, 3.05) is 0 Å². The quantitative estimate of drug-likeness (QED) is 0.696. The number of halogens is 2. The van der Waals surface area contributed by atoms with Crippen molar-refractivity contribution >= 4 is 23.2 Å². The largest absolute Gasteiger partial charge is 0.0843 e. The van der Waals surface area contributed by atoms with E-state index in [0.717, 1.165) is 22.9 Å². The van der Waals surface area contributed by atoms with Crippen LogP contribution in [0.2, 0.25) is 10.0 Å². The van der Waals surface area contributed by atoms with Crippen LogP contribution in [0, 0.1) is 0 Å². The molecule has 0 saturated heterocycles. The monoisotopic (exact) mass is 228 g/mol. The minimum atomic E-state index is 0.710. The average molecular weight is 229 g/mol. The van der Waals surface area contributed by atoms with E-state index < -0.39 is 0 Å². The zero-order valence-electron chi connectivity index (χ0n) is 8.32. The molecule has 1 aliphatic carbocycles. The summed E-state index contributed by atoms with van der Waals surface area (Å²) >= 11 is 12.2. The van der Waals surface area contributed by atoms with Gasteiger partial charge in [-0.2, -0.15) is 0 Å². The number of hydrogen-bond donors (Lipinski definition) is 0. The summed E-state index contributed by atoms with van der Waals surface area (Å²) in [6.07, 6.45) is 4.82. The van der Waals surface area contributed by atoms with Crippen molar-refractivity contribution in [2.45, 2.75) is 38.5 Å². The second kappa shape index (κ2) is 4.12. The van der Waals surface area contributed by atoms with Crippen molar-refractivity contribution in [3.63, 3.8) is 0 Å². The molecule has 0 heterocycles. The highest BCUT2D eigenvalue weighted by molar-refractivity contribution is 6.35. The lowest BCUT2D eigenvalue weighted by Crippen LogP contribution is -1.93. The highest BCUT2D eigenvalue weighted by atomic mass is 35.5. The maximum Gasteiger partial charge on any atom is 0.0458 e. The molecular formula is C12H14Cl2. The fourth-order valence-corrected chi connectivity index (χ4v) is 2.63. The summed E-state index contributed by atoms with van der Waals surface area (Å²) in [6, 6.07) is 3.94. The number of hydrogen-bond acceptors (Lipinski definition) is 0. The predicted molar refractivity (Wildman–Crippen MR) is 62.4 cm³/mol. The zero-order chi connectivity index (χ0) is 10.1. The van der Waals surface area contributed by atoms with E-state index >= 15 is 0 Å². The van der Waals surface area contributed by atoms with Crippen LogP contribution in [0.4, 0.5) is 0 Å². The van der Waals surface area contributed by atoms with Gasteiger partial charge in [0.05, 0.1) is 0 Å². The van der Waals surface area contributed by atoms with Crippen LogP contribution < -0.4 is 0 Å². The van der Waals surface area contributed by atoms with Gasteiger partial charge in [0.25, 0.3) is 0 Å². The second-order valence-electron chi connectivity index (χ2n) is 3.98. The zero-order valence-corrected chi connectivity index (χ0v) is 9.83. The molecule has 2 rings (SSSR count). The van der Waals surface area contributed by atoms with Crippen molar-refractivity contribution < 1.29 is 0 Å². The molecule has 1 aromatic carbocycles. The van der Waals surface area contributed by atoms with E-state index in [1.165, 1.54) is 24.0 Å². The van der Waals surface area contributed by atoms with Gasteiger partial charge in [0.2, 0.25) is 0 Å². The molecule has 0 unspecified atom stereocenters. The summed E-state index contributed by atoms with van der Waals surface area (Å²) < 4.78 is 0. The van der Waals surface area contributed by atoms with Gasteiger partial charge in [-0.25, -0.2) is 0 Å². The molecule has 0 aromatic heterocycles. The Balaban J connectivity index is 2.42. The van der Waals surface area contributed by atoms with Crippen LogP contribution in [0.1, 0.15) is 43.2 Å². The van der Waals surface area contributed by atoms with Crippen LogP contribution in [0.3, 0.4) is 0 Å². The normalized spacial score (nSPS) is 15.9. The molecule has 14 heavy (non-hydrogen) atoms. The Morgan fingerprint density at radius 2 is 2.00 bits per heavy atom. The highest BCUT2D eigenvalue weighted by Crippen LogP contribution is 2.46. The minimum Gasteiger partial charge on any atom is -0.0843 e. The molecule has 0 bridgehead atoms. The fraction of sp³-hybridized carbons (Fsp3) is 0.500. The molecule has 0 spiro atoms. The van der Waals surface area contributed by atoms with E-state index in [-0.39, 0.29) is 0 Å². The van der Waals surface area contributed by atoms with Gasteiger partial charge in [-0.3, -0.25) is 0 Å². The van der Waals surface area contributed by atoms with E-state index in [0.29, 0.717) is 5.92 Å². The smallest absolute Gasteiger partial charge is 0.0458 e. The highest BCUT2D eigenvalue weighted by Gasteiger charge is 2.28. The molecule has 1 aromatic rings. The van der Waals surface area contributed by atoms with Crippen molar-refractivity contribution in [3.05, 3.63) is 33.3 Å². The van der Waals surface area contributed by atoms with Crippen LogP contribution in [-0.2, 0) is 6.42 Å². The molecule has 1 saturated carbocycles. The lowest BCUT2D eigenvalue weighted by Gasteiger charge is -2.10. The van der Waals surface area contributed by atoms with Gasteiger partial charge in [0.15, 0.2) is 0 Å². The maximum atomic E-state index is 6.22. The fourth-order valence-electron chi connectivity index (χ4n) is 1.94. The SMILES string of the molecule is CCCc1cc(Cl)cc(Cl)c1C1CC1. The Morgan fingerprint density at radius 3 is 2.57 bits per heavy atom. The third-order valence-corrected chi connectivity index (χ3v) is 3.22. The lowest BCUT2D eigenvalue weighted by atomic mass is 9.99. The van der Waals surface area contributed by atoms with E-state index in [2.05, 4.69) is 13.0 Å². The van der Waals surface area contributed by atoms with E-state index in [1.54, 1.807) is 0 Å². The van der Waals surface area contributed by atoms with Crippen molar-refractivity contribution in [1.82, 2.24) is 0 Å². The second-order valence-corrected chi connectivity index (χ2v) is 4.83. The van der Waals surface area contributed by atoms with Crippen LogP contribution >= 0.6 is 23.2 Å². The topological polar surface area (TPSA) is 0 Å². The Bertz CT molecular complexity index is 340. The molecule has 0 N–H and O–H groups in total. The molecule has 0 nitrogen and oxygen atoms in total. The molecule has 76 valence electrons. The van der Waals surface area contributed by atoms with Crippen LogP contribution in [0.15, 0.2) is 12.1 Å². The van der Waals surface area contributed by atoms with Crippen LogP contribution in [0.25, 0.3) is 0 Å². The Hall–Kier alpha value is -0.200. The third-order valence-electron chi connectivity index (χ3n) is 2.68. The number of rotatable bonds is 3. The summed E-state index contributed by atoms with van der Waals surface area (Å²) in [5, 5.41) is 1.63. The Morgan fingerprint density at radius 1 is 1.29 bits per heavy atom. The molecule has 1 fully saturated rings. The maximum absolute atomic E-state index is 6.22. The van der Waals surface area contributed by atoms with Crippen molar-refractivity contribution in [3.8, 4) is 0 Å². The molecular weight excluding hydrogens is 215 g/mol. The van der Waals surface area contributed by atoms with E-state index in [4.69, 9.17) is 23.2 Å². The summed E-state index contributed by atoms with van der Waals surface area (Å²) in [4.78, 5) is 0. The van der Waals surface area contributed by atoms with Gasteiger partial charge in [-0.1, -0.05) is 36.5 Å². The molecule has 2 heteroatoms. The van der Waals surface area contributed by atoms with Gasteiger partial charge in [0, 0.05) is 10.0 Å². The van der Waals surface area contributed by atoms with Gasteiger partial charge >= 0.3 is 0 Å². The van der Waals surface area contributed by atoms with Gasteiger partial charge < -0.3 is 0 Å². The van der Waals surface area contributed by atoms with Gasteiger partial charge in [-0.15, -0.1) is 0 Å². The molecule has 0 radical (unpaired) electrons. The minimum absolute atomic E-state index is 0.710. The Labute approximate surface area is 95.2 Å². The molecule has 0 atom stereocenters. The first kappa shape index (κ1) is 10.3. The summed E-state index contributed by atoms with van der Waals surface area (Å²) in [7, 11) is 0. The molecule has 1 aliphatic rings. The molecule has 0 aliphatic heterocycles. The number of aryl methyl sites for hydroxylation is 1. The first-order valence-electron chi connectivity index (χ1n) is 5.20. The van der Waals surface area contributed by atoms with Gasteiger partial charge in [-0.05, 0) is 48.4 Å². The lowest BCUT2D eigenvalue weighted by molar-refractivity contribution is 0.897. The number of benzene rings is 1. The molecule has 0 amide bonds. The first-order valence-corrected chi connectivity index (χ1v) is 5.95. The van der Waals surface area contributed by atoms with Crippen LogP contribution in [-0.4, -0.2) is 0 Å². The van der Waals surface area contributed by atoms with E-state index in [1.807, 2.05) is 6.07 Å². The summed E-state index contributed by atoms with van der Waals surface area (Å²) in [5.41, 5.74) is 2.71. The summed E-state index contributed by atoms with van der Waals surface area (Å²) in [5.74, 6) is 0.710. The van der Waals surface area contributed by atoms with Crippen LogP contribution in [0.5, 0.6) is 0 Å². The van der Waals surface area contributed by atoms with Crippen molar-refractivity contribution in [2.24, 2.45) is 0 Å². The summed E-state index contributed by atoms with van der Waals surface area (Å²) in [6.45, 7) is 2.19. The predicted octanol–water partition coefficient (Wildman–Crippen LogP) is 4.82. The van der Waals surface area contributed by atoms with Crippen molar-refractivity contribution in [1.29, 1.82) is 0 Å². The Kier molecular flexibility index (Phi) is 3.04. The standard InChI is InChI=1S/C12H14Cl2/c1-2-3-9-6-10(13)7-11(14)12(9)8-4-5-8/h6-8H,2-5H2,1H3. The third kappa shape index (κ3) is 2.07. The van der Waals surface area contributed by atoms with Gasteiger partial charge in [0.1, 0.15) is 0 Å². The van der Waals surface area contributed by atoms with E-state index in [9.17, 15) is 0 Å². The first-order chi connectivity index (χ1) is 6.72.